The summed E-state index contributed by atoms with van der Waals surface area (Å²) >= 11 is 0. The number of hydrogen-bond donors (Lipinski definition) is 2. The Morgan fingerprint density at radius 1 is 1.07 bits per heavy atom. The molecule has 8 heteroatoms. The summed E-state index contributed by atoms with van der Waals surface area (Å²) in [6, 6.07) is 17.4. The van der Waals surface area contributed by atoms with Crippen LogP contribution in [-0.2, 0) is 0 Å². The van der Waals surface area contributed by atoms with Crippen molar-refractivity contribution in [2.24, 2.45) is 0 Å². The predicted molar refractivity (Wildman–Crippen MR) is 112 cm³/mol. The van der Waals surface area contributed by atoms with Crippen LogP contribution >= 0.6 is 0 Å². The second kappa shape index (κ2) is 7.81. The predicted octanol–water partition coefficient (Wildman–Crippen LogP) is 3.19. The van der Waals surface area contributed by atoms with Crippen LogP contribution in [0.1, 0.15) is 6.42 Å². The van der Waals surface area contributed by atoms with Gasteiger partial charge in [-0.15, -0.1) is 5.10 Å². The van der Waals surface area contributed by atoms with Crippen LogP contribution in [0.15, 0.2) is 67.0 Å². The van der Waals surface area contributed by atoms with Crippen molar-refractivity contribution in [1.29, 1.82) is 0 Å². The van der Waals surface area contributed by atoms with Crippen LogP contribution in [0.3, 0.4) is 0 Å². The highest BCUT2D eigenvalue weighted by atomic mass is 19.1. The van der Waals surface area contributed by atoms with E-state index in [2.05, 4.69) is 20.4 Å². The number of hydrogen-bond acceptors (Lipinski definition) is 6. The lowest BCUT2D eigenvalue weighted by Gasteiger charge is -2.24. The van der Waals surface area contributed by atoms with E-state index in [9.17, 15) is 9.50 Å². The van der Waals surface area contributed by atoms with Gasteiger partial charge in [-0.1, -0.05) is 42.5 Å². The van der Waals surface area contributed by atoms with Gasteiger partial charge in [0.25, 0.3) is 5.78 Å². The number of nitrogens with zero attached hydrogens (tertiary/aromatic N) is 5. The van der Waals surface area contributed by atoms with Gasteiger partial charge in [0, 0.05) is 42.3 Å². The number of rotatable bonds is 5. The first-order valence-electron chi connectivity index (χ1n) is 9.87. The average molecular weight is 404 g/mol. The smallest absolute Gasteiger partial charge is 0.252 e. The first-order chi connectivity index (χ1) is 14.7. The van der Waals surface area contributed by atoms with E-state index < -0.39 is 12.5 Å². The number of nitrogens with one attached hydrogen (secondary N) is 1. The Balaban J connectivity index is 1.39. The molecule has 2 N–H and O–H groups in total. The molecule has 3 heterocycles. The van der Waals surface area contributed by atoms with Crippen molar-refractivity contribution in [3.8, 4) is 22.5 Å². The first-order valence-corrected chi connectivity index (χ1v) is 9.87. The Labute approximate surface area is 172 Å². The molecule has 0 spiro atoms. The molecule has 2 atom stereocenters. The number of anilines is 1. The molecule has 0 amide bonds. The Morgan fingerprint density at radius 3 is 2.70 bits per heavy atom. The summed E-state index contributed by atoms with van der Waals surface area (Å²) < 4.78 is 15.1. The molecule has 152 valence electrons. The Hall–Kier alpha value is -3.36. The number of halogens is 1. The number of benzene rings is 2. The van der Waals surface area contributed by atoms with E-state index in [1.54, 1.807) is 15.6 Å². The molecule has 0 saturated carbocycles. The van der Waals surface area contributed by atoms with Gasteiger partial charge >= 0.3 is 0 Å². The largest absolute Gasteiger partial charge is 0.361 e. The van der Waals surface area contributed by atoms with Crippen LogP contribution in [0.4, 0.5) is 10.1 Å². The fourth-order valence-electron chi connectivity index (χ4n) is 3.64. The van der Waals surface area contributed by atoms with Gasteiger partial charge in [0.1, 0.15) is 6.17 Å². The van der Waals surface area contributed by atoms with Gasteiger partial charge in [0.05, 0.1) is 0 Å². The summed E-state index contributed by atoms with van der Waals surface area (Å²) in [4.78, 5) is 10.6. The summed E-state index contributed by atoms with van der Waals surface area (Å²) in [5, 5.41) is 17.9. The zero-order valence-electron chi connectivity index (χ0n) is 16.2. The Kier molecular flexibility index (Phi) is 4.86. The van der Waals surface area contributed by atoms with Gasteiger partial charge in [-0.3, -0.25) is 4.90 Å². The van der Waals surface area contributed by atoms with Crippen molar-refractivity contribution in [3.63, 3.8) is 0 Å². The SMILES string of the molecule is OC(Nc1cccc(-c2nc3ncc(-c4ccccc4)cn3n2)c1)N1CC[C@@H](F)C1. The maximum absolute atomic E-state index is 13.4. The second-order valence-electron chi connectivity index (χ2n) is 7.37. The van der Waals surface area contributed by atoms with Crippen molar-refractivity contribution in [1.82, 2.24) is 24.5 Å². The van der Waals surface area contributed by atoms with E-state index >= 15 is 0 Å². The van der Waals surface area contributed by atoms with E-state index in [1.165, 1.54) is 0 Å². The highest BCUT2D eigenvalue weighted by molar-refractivity contribution is 5.65. The highest BCUT2D eigenvalue weighted by Gasteiger charge is 2.26. The van der Waals surface area contributed by atoms with Crippen molar-refractivity contribution in [3.05, 3.63) is 67.0 Å². The van der Waals surface area contributed by atoms with Crippen molar-refractivity contribution in [2.75, 3.05) is 18.4 Å². The third-order valence-electron chi connectivity index (χ3n) is 5.23. The maximum Gasteiger partial charge on any atom is 0.252 e. The molecule has 1 saturated heterocycles. The minimum atomic E-state index is -0.940. The zero-order valence-corrected chi connectivity index (χ0v) is 16.2. The van der Waals surface area contributed by atoms with E-state index in [0.29, 0.717) is 30.3 Å². The van der Waals surface area contributed by atoms with Crippen molar-refractivity contribution in [2.45, 2.75) is 18.9 Å². The zero-order chi connectivity index (χ0) is 20.5. The summed E-state index contributed by atoms with van der Waals surface area (Å²) in [5.74, 6) is 1.05. The van der Waals surface area contributed by atoms with Crippen LogP contribution in [0.25, 0.3) is 28.3 Å². The van der Waals surface area contributed by atoms with E-state index in [-0.39, 0.29) is 6.54 Å². The third-order valence-corrected chi connectivity index (χ3v) is 5.23. The topological polar surface area (TPSA) is 78.6 Å². The molecule has 7 nitrogen and oxygen atoms in total. The van der Waals surface area contributed by atoms with Gasteiger partial charge in [-0.05, 0) is 24.1 Å². The molecule has 1 fully saturated rings. The van der Waals surface area contributed by atoms with Crippen molar-refractivity contribution < 1.29 is 9.50 Å². The summed E-state index contributed by atoms with van der Waals surface area (Å²) in [7, 11) is 0. The van der Waals surface area contributed by atoms with Crippen LogP contribution in [0.5, 0.6) is 0 Å². The van der Waals surface area contributed by atoms with Gasteiger partial charge in [0.2, 0.25) is 0 Å². The lowest BCUT2D eigenvalue weighted by Crippen LogP contribution is -2.39. The molecule has 1 aliphatic heterocycles. The number of aromatic nitrogens is 4. The summed E-state index contributed by atoms with van der Waals surface area (Å²) in [6.07, 6.45) is 2.31. The minimum absolute atomic E-state index is 0.233. The first kappa shape index (κ1) is 18.7. The molecule has 0 bridgehead atoms. The second-order valence-corrected chi connectivity index (χ2v) is 7.37. The normalized spacial score (nSPS) is 18.0. The fourth-order valence-corrected chi connectivity index (χ4v) is 3.64. The minimum Gasteiger partial charge on any atom is -0.361 e. The average Bonchev–Trinajstić information content (AvgIpc) is 3.40. The quantitative estimate of drug-likeness (QED) is 0.498. The monoisotopic (exact) mass is 404 g/mol. The molecule has 5 rings (SSSR count). The van der Waals surface area contributed by atoms with E-state index in [0.717, 1.165) is 16.7 Å². The van der Waals surface area contributed by atoms with E-state index in [4.69, 9.17) is 0 Å². The third kappa shape index (κ3) is 3.74. The van der Waals surface area contributed by atoms with Crippen LogP contribution in [0.2, 0.25) is 0 Å². The van der Waals surface area contributed by atoms with Gasteiger partial charge in [-0.25, -0.2) is 13.9 Å². The van der Waals surface area contributed by atoms with Crippen LogP contribution in [0, 0.1) is 0 Å². The lowest BCUT2D eigenvalue weighted by atomic mass is 10.1. The molecule has 4 aromatic rings. The number of likely N-dealkylation sites (tertiary alicyclic amines) is 1. The van der Waals surface area contributed by atoms with Crippen LogP contribution < -0.4 is 5.32 Å². The Morgan fingerprint density at radius 2 is 1.90 bits per heavy atom. The standard InChI is InChI=1S/C22H21FN6O/c23-18-9-10-28(14-18)22(30)25-19-8-4-7-16(11-19)20-26-21-24-12-17(13-29(21)27-20)15-5-2-1-3-6-15/h1-8,11-13,18,22,25,30H,9-10,14H2/t18-,22?/m1/s1. The van der Waals surface area contributed by atoms with Gasteiger partial charge in [0.15, 0.2) is 12.2 Å². The lowest BCUT2D eigenvalue weighted by molar-refractivity contribution is 0.0401. The van der Waals surface area contributed by atoms with Crippen molar-refractivity contribution >= 4 is 11.5 Å². The molecule has 1 unspecified atom stereocenters. The molecule has 0 radical (unpaired) electrons. The molecule has 2 aromatic carbocycles. The molecular formula is C22H21FN6O. The summed E-state index contributed by atoms with van der Waals surface area (Å²) in [5.41, 5.74) is 3.51. The summed E-state index contributed by atoms with van der Waals surface area (Å²) in [6.45, 7) is 0.760. The Bertz CT molecular complexity index is 1160. The van der Waals surface area contributed by atoms with Gasteiger partial charge in [-0.2, -0.15) is 4.98 Å². The van der Waals surface area contributed by atoms with Crippen LogP contribution in [-0.4, -0.2) is 55.2 Å². The number of aliphatic hydroxyl groups is 1. The number of alkyl halides is 1. The van der Waals surface area contributed by atoms with Gasteiger partial charge < -0.3 is 10.4 Å². The highest BCUT2D eigenvalue weighted by Crippen LogP contribution is 2.23. The number of fused-ring (bicyclic) bond motifs is 1. The maximum atomic E-state index is 13.4. The fraction of sp³-hybridized carbons (Fsp3) is 0.227. The molecular weight excluding hydrogens is 383 g/mol. The molecule has 0 aliphatic carbocycles. The molecule has 2 aromatic heterocycles. The number of aliphatic hydroxyl groups excluding tert-OH is 1. The molecule has 1 aliphatic rings. The van der Waals surface area contributed by atoms with E-state index in [1.807, 2.05) is 60.8 Å². The molecule has 30 heavy (non-hydrogen) atoms.